The van der Waals surface area contributed by atoms with Crippen molar-refractivity contribution in [3.05, 3.63) is 66.4 Å². The number of aryl methyl sites for hydroxylation is 1. The van der Waals surface area contributed by atoms with Crippen LogP contribution in [0.25, 0.3) is 11.1 Å². The van der Waals surface area contributed by atoms with E-state index in [2.05, 4.69) is 55.7 Å². The number of fused-ring (bicyclic) bond motifs is 1. The average molecular weight is 290 g/mol. The highest BCUT2D eigenvalue weighted by molar-refractivity contribution is 5.73. The average Bonchev–Trinajstić information content (AvgIpc) is 2.97. The molecule has 0 radical (unpaired) electrons. The molecule has 1 aliphatic rings. The molecule has 0 bridgehead atoms. The van der Waals surface area contributed by atoms with Crippen LogP contribution in [0.4, 0.5) is 5.82 Å². The summed E-state index contributed by atoms with van der Waals surface area (Å²) in [5.41, 5.74) is 3.83. The number of rotatable bonds is 2. The Morgan fingerprint density at radius 2 is 1.95 bits per heavy atom. The van der Waals surface area contributed by atoms with Gasteiger partial charge in [0, 0.05) is 25.5 Å². The van der Waals surface area contributed by atoms with E-state index in [0.29, 0.717) is 0 Å². The molecule has 22 heavy (non-hydrogen) atoms. The standard InChI is InChI=1S/C18H18N4/c1-14-20-13-17-18(19-9-12-22(14)17)21-10-7-16(8-11-21)15-5-3-2-4-6-15/h2-7,9,12-13H,8,10-11H2,1H3. The van der Waals surface area contributed by atoms with Crippen molar-refractivity contribution < 1.29 is 0 Å². The molecule has 2 aromatic heterocycles. The van der Waals surface area contributed by atoms with Crippen molar-refractivity contribution in [2.24, 2.45) is 0 Å². The predicted octanol–water partition coefficient (Wildman–Crippen LogP) is 3.33. The zero-order chi connectivity index (χ0) is 14.9. The van der Waals surface area contributed by atoms with Gasteiger partial charge in [0.2, 0.25) is 0 Å². The van der Waals surface area contributed by atoms with Gasteiger partial charge in [0.25, 0.3) is 0 Å². The van der Waals surface area contributed by atoms with Gasteiger partial charge in [0.1, 0.15) is 11.3 Å². The van der Waals surface area contributed by atoms with Crippen molar-refractivity contribution in [2.45, 2.75) is 13.3 Å². The third-order valence-electron chi connectivity index (χ3n) is 4.28. The Labute approximate surface area is 129 Å². The van der Waals surface area contributed by atoms with E-state index in [1.165, 1.54) is 11.1 Å². The molecule has 0 unspecified atom stereocenters. The van der Waals surface area contributed by atoms with Crippen LogP contribution in [-0.2, 0) is 0 Å². The van der Waals surface area contributed by atoms with E-state index in [0.717, 1.165) is 36.7 Å². The van der Waals surface area contributed by atoms with Gasteiger partial charge in [-0.3, -0.25) is 4.40 Å². The van der Waals surface area contributed by atoms with E-state index in [9.17, 15) is 0 Å². The summed E-state index contributed by atoms with van der Waals surface area (Å²) in [6.07, 6.45) is 9.09. The summed E-state index contributed by atoms with van der Waals surface area (Å²) in [5, 5.41) is 0. The quantitative estimate of drug-likeness (QED) is 0.726. The Kier molecular flexibility index (Phi) is 3.15. The lowest BCUT2D eigenvalue weighted by Crippen LogP contribution is -2.29. The third-order valence-corrected chi connectivity index (χ3v) is 4.28. The van der Waals surface area contributed by atoms with E-state index in [-0.39, 0.29) is 0 Å². The van der Waals surface area contributed by atoms with E-state index >= 15 is 0 Å². The molecule has 110 valence electrons. The largest absolute Gasteiger partial charge is 0.351 e. The van der Waals surface area contributed by atoms with Crippen LogP contribution in [0.2, 0.25) is 0 Å². The Balaban J connectivity index is 1.64. The molecule has 4 rings (SSSR count). The minimum atomic E-state index is 0.890. The number of nitrogens with zero attached hydrogens (tertiary/aromatic N) is 4. The van der Waals surface area contributed by atoms with Crippen LogP contribution in [-0.4, -0.2) is 27.5 Å². The maximum atomic E-state index is 4.58. The highest BCUT2D eigenvalue weighted by atomic mass is 15.2. The second kappa shape index (κ2) is 5.30. The topological polar surface area (TPSA) is 33.4 Å². The molecule has 4 heteroatoms. The highest BCUT2D eigenvalue weighted by Gasteiger charge is 2.17. The van der Waals surface area contributed by atoms with Crippen molar-refractivity contribution in [1.29, 1.82) is 0 Å². The number of hydrogen-bond donors (Lipinski definition) is 0. The monoisotopic (exact) mass is 290 g/mol. The Hall–Kier alpha value is -2.62. The molecule has 0 N–H and O–H groups in total. The van der Waals surface area contributed by atoms with Crippen LogP contribution >= 0.6 is 0 Å². The predicted molar refractivity (Wildman–Crippen MR) is 89.0 cm³/mol. The van der Waals surface area contributed by atoms with Crippen LogP contribution in [0.15, 0.2) is 55.0 Å². The minimum Gasteiger partial charge on any atom is -0.351 e. The molecule has 4 nitrogen and oxygen atoms in total. The number of hydrogen-bond acceptors (Lipinski definition) is 3. The lowest BCUT2D eigenvalue weighted by Gasteiger charge is -2.28. The van der Waals surface area contributed by atoms with Gasteiger partial charge in [0.05, 0.1) is 6.20 Å². The molecule has 0 amide bonds. The van der Waals surface area contributed by atoms with Crippen molar-refractivity contribution in [3.63, 3.8) is 0 Å². The van der Waals surface area contributed by atoms with E-state index in [4.69, 9.17) is 0 Å². The van der Waals surface area contributed by atoms with Gasteiger partial charge < -0.3 is 4.90 Å². The SMILES string of the molecule is Cc1ncc2c(N3CC=C(c4ccccc4)CC3)nccn12. The second-order valence-electron chi connectivity index (χ2n) is 5.60. The summed E-state index contributed by atoms with van der Waals surface area (Å²) >= 11 is 0. The first-order valence-electron chi connectivity index (χ1n) is 7.61. The summed E-state index contributed by atoms with van der Waals surface area (Å²) in [6.45, 7) is 3.89. The van der Waals surface area contributed by atoms with E-state index < -0.39 is 0 Å². The normalized spacial score (nSPS) is 15.1. The van der Waals surface area contributed by atoms with Crippen molar-refractivity contribution >= 4 is 16.9 Å². The molecule has 3 aromatic rings. The lowest BCUT2D eigenvalue weighted by atomic mass is 9.99. The first kappa shape index (κ1) is 13.1. The molecule has 0 atom stereocenters. The van der Waals surface area contributed by atoms with Gasteiger partial charge in [-0.05, 0) is 24.5 Å². The third kappa shape index (κ3) is 2.17. The maximum absolute atomic E-state index is 4.58. The number of aromatic nitrogens is 3. The first-order chi connectivity index (χ1) is 10.8. The zero-order valence-corrected chi connectivity index (χ0v) is 12.6. The van der Waals surface area contributed by atoms with Crippen LogP contribution in [0.5, 0.6) is 0 Å². The minimum absolute atomic E-state index is 0.890. The smallest absolute Gasteiger partial charge is 0.154 e. The van der Waals surface area contributed by atoms with Gasteiger partial charge in [-0.1, -0.05) is 36.4 Å². The Morgan fingerprint density at radius 1 is 1.09 bits per heavy atom. The number of imidazole rings is 1. The fraction of sp³-hybridized carbons (Fsp3) is 0.222. The van der Waals surface area contributed by atoms with Crippen LogP contribution in [0.3, 0.4) is 0 Å². The molecule has 0 spiro atoms. The molecule has 0 aliphatic carbocycles. The molecule has 1 aromatic carbocycles. The fourth-order valence-corrected chi connectivity index (χ4v) is 3.06. The Bertz CT molecular complexity index is 833. The van der Waals surface area contributed by atoms with Gasteiger partial charge in [-0.25, -0.2) is 9.97 Å². The summed E-state index contributed by atoms with van der Waals surface area (Å²) in [5.74, 6) is 2.02. The van der Waals surface area contributed by atoms with Gasteiger partial charge >= 0.3 is 0 Å². The zero-order valence-electron chi connectivity index (χ0n) is 12.6. The van der Waals surface area contributed by atoms with Crippen LogP contribution in [0.1, 0.15) is 17.8 Å². The van der Waals surface area contributed by atoms with Crippen molar-refractivity contribution in [3.8, 4) is 0 Å². The molecule has 0 fully saturated rings. The van der Waals surface area contributed by atoms with E-state index in [1.807, 2.05) is 25.5 Å². The molecular weight excluding hydrogens is 272 g/mol. The number of anilines is 1. The molecule has 0 saturated carbocycles. The van der Waals surface area contributed by atoms with Gasteiger partial charge in [0.15, 0.2) is 5.82 Å². The second-order valence-corrected chi connectivity index (χ2v) is 5.60. The van der Waals surface area contributed by atoms with Crippen LogP contribution < -0.4 is 4.90 Å². The van der Waals surface area contributed by atoms with Crippen molar-refractivity contribution in [2.75, 3.05) is 18.0 Å². The number of benzene rings is 1. The van der Waals surface area contributed by atoms with Crippen LogP contribution in [0, 0.1) is 6.92 Å². The first-order valence-corrected chi connectivity index (χ1v) is 7.61. The van der Waals surface area contributed by atoms with Gasteiger partial charge in [-0.2, -0.15) is 0 Å². The molecule has 3 heterocycles. The fourth-order valence-electron chi connectivity index (χ4n) is 3.06. The van der Waals surface area contributed by atoms with Crippen molar-refractivity contribution in [1.82, 2.24) is 14.4 Å². The lowest BCUT2D eigenvalue weighted by molar-refractivity contribution is 0.815. The summed E-state index contributed by atoms with van der Waals surface area (Å²) in [7, 11) is 0. The molecular formula is C18H18N4. The van der Waals surface area contributed by atoms with Gasteiger partial charge in [-0.15, -0.1) is 0 Å². The summed E-state index contributed by atoms with van der Waals surface area (Å²) < 4.78 is 2.10. The summed E-state index contributed by atoms with van der Waals surface area (Å²) in [6, 6.07) is 10.6. The maximum Gasteiger partial charge on any atom is 0.154 e. The van der Waals surface area contributed by atoms with E-state index in [1.54, 1.807) is 0 Å². The molecule has 1 aliphatic heterocycles. The highest BCUT2D eigenvalue weighted by Crippen LogP contribution is 2.26. The Morgan fingerprint density at radius 3 is 2.73 bits per heavy atom. The molecule has 0 saturated heterocycles. The summed E-state index contributed by atoms with van der Waals surface area (Å²) in [4.78, 5) is 11.3.